The normalized spacial score (nSPS) is 13.8. The highest BCUT2D eigenvalue weighted by atomic mass is 32.2. The number of aryl methyl sites for hydroxylation is 4. The maximum absolute atomic E-state index is 13.3. The van der Waals surface area contributed by atoms with Crippen LogP contribution in [-0.2, 0) is 46.4 Å². The van der Waals surface area contributed by atoms with Crippen LogP contribution in [0.15, 0.2) is 48.5 Å². The fraction of sp³-hybridized carbons (Fsp3) is 0.375. The van der Waals surface area contributed by atoms with Crippen LogP contribution in [0.2, 0.25) is 0 Å². The van der Waals surface area contributed by atoms with Gasteiger partial charge in [0.1, 0.15) is 26.2 Å². The number of hydrogen-bond acceptors (Lipinski definition) is 12. The van der Waals surface area contributed by atoms with E-state index in [4.69, 9.17) is 25.9 Å². The molecule has 2 aliphatic rings. The predicted molar refractivity (Wildman–Crippen MR) is 173 cm³/mol. The minimum absolute atomic E-state index is 0.166. The molecular formula is C32H30F6N6O10S2. The Bertz CT molecular complexity index is 2260. The maximum atomic E-state index is 13.3. The molecule has 2 aromatic carbocycles. The SMILES string of the molecule is CCn1n[n+](CCCCCC[n+]2nn(CC)c3c2C(=O)c2ccccc2C3=O)c2c1C(=O)c1ccccc1C2=O.O=S(=O)([O-])C(F)(F)F.O=S(=O)([O-])C(F)(F)F. The van der Waals surface area contributed by atoms with E-state index < -0.39 is 31.3 Å². The maximum Gasteiger partial charge on any atom is 0.485 e. The highest BCUT2D eigenvalue weighted by molar-refractivity contribution is 7.86. The number of aromatic nitrogens is 6. The highest BCUT2D eigenvalue weighted by Gasteiger charge is 2.43. The van der Waals surface area contributed by atoms with Gasteiger partial charge in [-0.05, 0) is 39.5 Å². The molecule has 0 N–H and O–H groups in total. The molecule has 4 aromatic rings. The first-order chi connectivity index (χ1) is 26.0. The lowest BCUT2D eigenvalue weighted by molar-refractivity contribution is -0.758. The van der Waals surface area contributed by atoms with Gasteiger partial charge in [0.2, 0.25) is 45.9 Å². The van der Waals surface area contributed by atoms with Gasteiger partial charge in [0.25, 0.3) is 0 Å². The van der Waals surface area contributed by atoms with Crippen LogP contribution in [0.3, 0.4) is 0 Å². The Hall–Kier alpha value is -5.20. The lowest BCUT2D eigenvalue weighted by Gasteiger charge is -2.11. The Balaban J connectivity index is 0.000000366. The number of halogens is 6. The van der Waals surface area contributed by atoms with E-state index in [2.05, 4.69) is 10.4 Å². The van der Waals surface area contributed by atoms with Gasteiger partial charge in [-0.25, -0.2) is 16.8 Å². The second-order valence-corrected chi connectivity index (χ2v) is 14.6. The van der Waals surface area contributed by atoms with Gasteiger partial charge >= 0.3 is 11.0 Å². The van der Waals surface area contributed by atoms with Gasteiger partial charge in [0, 0.05) is 22.3 Å². The van der Waals surface area contributed by atoms with Crippen LogP contribution < -0.4 is 9.36 Å². The van der Waals surface area contributed by atoms with Crippen LogP contribution >= 0.6 is 0 Å². The van der Waals surface area contributed by atoms with Gasteiger partial charge in [-0.2, -0.15) is 26.3 Å². The molecule has 0 saturated carbocycles. The molecule has 0 fully saturated rings. The van der Waals surface area contributed by atoms with Crippen molar-refractivity contribution in [3.05, 3.63) is 93.6 Å². The number of benzene rings is 2. The van der Waals surface area contributed by atoms with E-state index in [-0.39, 0.29) is 23.1 Å². The van der Waals surface area contributed by atoms with Crippen molar-refractivity contribution in [2.75, 3.05) is 0 Å². The summed E-state index contributed by atoms with van der Waals surface area (Å²) in [7, 11) is -12.2. The van der Waals surface area contributed by atoms with E-state index in [0.29, 0.717) is 71.2 Å². The summed E-state index contributed by atoms with van der Waals surface area (Å²) < 4.78 is 124. The Kier molecular flexibility index (Phi) is 12.8. The third-order valence-electron chi connectivity index (χ3n) is 8.26. The van der Waals surface area contributed by atoms with Crippen molar-refractivity contribution in [3.63, 3.8) is 0 Å². The monoisotopic (exact) mass is 836 g/mol. The van der Waals surface area contributed by atoms with Gasteiger partial charge in [-0.1, -0.05) is 48.5 Å². The minimum atomic E-state index is -6.09. The smallest absolute Gasteiger partial charge is 0.485 e. The zero-order valence-corrected chi connectivity index (χ0v) is 30.8. The third kappa shape index (κ3) is 8.92. The number of unbranched alkanes of at least 4 members (excludes halogenated alkanes) is 3. The van der Waals surface area contributed by atoms with E-state index in [1.54, 1.807) is 67.3 Å². The quantitative estimate of drug-likeness (QED) is 0.0674. The van der Waals surface area contributed by atoms with E-state index in [0.717, 1.165) is 25.7 Å². The molecule has 0 spiro atoms. The number of alkyl halides is 6. The van der Waals surface area contributed by atoms with Crippen LogP contribution in [0.25, 0.3) is 0 Å². The Morgan fingerprint density at radius 3 is 1.07 bits per heavy atom. The van der Waals surface area contributed by atoms with Crippen molar-refractivity contribution < 1.29 is 80.8 Å². The van der Waals surface area contributed by atoms with Crippen LogP contribution in [0.5, 0.6) is 0 Å². The molecule has 0 atom stereocenters. The second-order valence-electron chi connectivity index (χ2n) is 11.9. The summed E-state index contributed by atoms with van der Waals surface area (Å²) in [6, 6.07) is 13.8. The molecule has 24 heteroatoms. The zero-order chi connectivity index (χ0) is 42.0. The number of carbonyl (C=O) groups is 4. The topological polar surface area (TPSA) is 226 Å². The summed E-state index contributed by atoms with van der Waals surface area (Å²) >= 11 is 0. The van der Waals surface area contributed by atoms with Crippen molar-refractivity contribution in [2.24, 2.45) is 0 Å². The summed E-state index contributed by atoms with van der Waals surface area (Å²) in [4.78, 5) is 52.9. The van der Waals surface area contributed by atoms with Crippen LogP contribution in [0, 0.1) is 0 Å². The first-order valence-electron chi connectivity index (χ1n) is 16.4. The van der Waals surface area contributed by atoms with Crippen molar-refractivity contribution in [1.82, 2.24) is 19.8 Å². The highest BCUT2D eigenvalue weighted by Crippen LogP contribution is 2.27. The third-order valence-corrected chi connectivity index (χ3v) is 9.40. The molecule has 56 heavy (non-hydrogen) atoms. The molecule has 0 amide bonds. The summed E-state index contributed by atoms with van der Waals surface area (Å²) in [6.45, 7) is 5.84. The number of hydrogen-bond donors (Lipinski definition) is 0. The molecular weight excluding hydrogens is 807 g/mol. The van der Waals surface area contributed by atoms with Gasteiger partial charge < -0.3 is 9.11 Å². The average Bonchev–Trinajstić information content (AvgIpc) is 3.69. The Morgan fingerprint density at radius 2 is 0.821 bits per heavy atom. The molecule has 2 aliphatic carbocycles. The molecule has 0 aliphatic heterocycles. The molecule has 302 valence electrons. The van der Waals surface area contributed by atoms with Crippen molar-refractivity contribution in [3.8, 4) is 0 Å². The average molecular weight is 837 g/mol. The molecule has 2 heterocycles. The van der Waals surface area contributed by atoms with E-state index in [1.165, 1.54) is 0 Å². The lowest BCUT2D eigenvalue weighted by Crippen LogP contribution is -2.44. The van der Waals surface area contributed by atoms with E-state index in [1.807, 2.05) is 13.8 Å². The summed E-state index contributed by atoms with van der Waals surface area (Å²) in [6.07, 6.45) is 3.29. The van der Waals surface area contributed by atoms with Gasteiger partial charge in [-0.3, -0.25) is 19.2 Å². The molecule has 6 rings (SSSR count). The van der Waals surface area contributed by atoms with Crippen LogP contribution in [-0.4, -0.2) is 79.9 Å². The van der Waals surface area contributed by atoms with Crippen molar-refractivity contribution in [2.45, 2.75) is 76.7 Å². The molecule has 0 unspecified atom stereocenters. The van der Waals surface area contributed by atoms with Crippen molar-refractivity contribution in [1.29, 1.82) is 0 Å². The first kappa shape index (κ1) is 43.5. The number of ketones is 4. The largest absolute Gasteiger partial charge is 0.741 e. The summed E-state index contributed by atoms with van der Waals surface area (Å²) in [5.74, 6) is -0.668. The summed E-state index contributed by atoms with van der Waals surface area (Å²) in [5, 5.41) is 9.12. The van der Waals surface area contributed by atoms with Gasteiger partial charge in [-0.15, -0.1) is 18.7 Å². The van der Waals surface area contributed by atoms with Gasteiger partial charge in [0.05, 0.1) is 10.4 Å². The number of carbonyl (C=O) groups excluding carboxylic acids is 4. The predicted octanol–water partition coefficient (Wildman–Crippen LogP) is 2.61. The Morgan fingerprint density at radius 1 is 0.554 bits per heavy atom. The second kappa shape index (κ2) is 16.5. The fourth-order valence-electron chi connectivity index (χ4n) is 5.73. The standard InChI is InChI=1S/C30H30N6O4.2CHF3O3S/c1-3-33-23-25(29(39)21-15-9-7-13-19(21)27(23)37)35(31-33)17-11-5-6-12-18-36-26-24(34(4-2)32-36)28(38)20-14-8-10-16-22(20)30(26)40;2*2-1(3,4)8(5,6)7/h7-10,13-16H,3-6,11-12,17-18H2,1-2H3;2*(H,5,6,7)/q+2;;/p-2. The fourth-order valence-corrected chi connectivity index (χ4v) is 5.73. The molecule has 0 bridgehead atoms. The number of rotatable bonds is 9. The first-order valence-corrected chi connectivity index (χ1v) is 19.2. The lowest BCUT2D eigenvalue weighted by atomic mass is 9.90. The van der Waals surface area contributed by atoms with E-state index >= 15 is 0 Å². The minimum Gasteiger partial charge on any atom is -0.741 e. The summed E-state index contributed by atoms with van der Waals surface area (Å²) in [5.41, 5.74) is -8.15. The number of fused-ring (bicyclic) bond motifs is 4. The van der Waals surface area contributed by atoms with Crippen molar-refractivity contribution >= 4 is 43.4 Å². The molecule has 16 nitrogen and oxygen atoms in total. The molecule has 0 radical (unpaired) electrons. The zero-order valence-electron chi connectivity index (χ0n) is 29.1. The molecule has 0 saturated heterocycles. The molecule has 2 aromatic heterocycles. The number of nitrogens with zero attached hydrogens (tertiary/aromatic N) is 6. The van der Waals surface area contributed by atoms with E-state index in [9.17, 15) is 45.5 Å². The van der Waals surface area contributed by atoms with Gasteiger partial charge in [0.15, 0.2) is 20.2 Å². The van der Waals surface area contributed by atoms with Crippen LogP contribution in [0.4, 0.5) is 26.3 Å². The van der Waals surface area contributed by atoms with Crippen LogP contribution in [0.1, 0.15) is 104 Å². The Labute approximate surface area is 313 Å².